The molecule has 2 aromatic carbocycles. The first kappa shape index (κ1) is 24.3. The Morgan fingerprint density at radius 2 is 1.92 bits per heavy atom. The minimum atomic E-state index is -4.78. The van der Waals surface area contributed by atoms with Crippen molar-refractivity contribution in [2.75, 3.05) is 23.0 Å². The molecule has 2 heterocycles. The maximum atomic E-state index is 13.6. The number of fused-ring (bicyclic) bond motifs is 1. The van der Waals surface area contributed by atoms with Crippen LogP contribution in [0.15, 0.2) is 36.4 Å². The number of thiocarbonyl (C=S) groups is 1. The molecule has 0 unspecified atom stereocenters. The molecule has 188 valence electrons. The molecule has 2 N–H and O–H groups in total. The van der Waals surface area contributed by atoms with Crippen LogP contribution < -0.4 is 19.3 Å². The summed E-state index contributed by atoms with van der Waals surface area (Å²) in [4.78, 5) is 16.3. The molecule has 8 nitrogen and oxygen atoms in total. The standard InChI is InChI=1S/C24H20F3N3O5S/c25-24(26,27)16-8-14(3-2-13(16)10-28)29-21(33)23(6-1-7-23)30(22(29)36)15-4-5-18-19(9-15)34-12-20(35-18)17(32)11-31/h2-5,8-9,17,20,31-32H,1,6-7,11-12H2/t17-,20+/m0/s1. The van der Waals surface area contributed by atoms with E-state index in [1.165, 1.54) is 12.1 Å². The number of aliphatic hydroxyl groups excluding tert-OH is 2. The molecule has 12 heteroatoms. The Morgan fingerprint density at radius 3 is 2.53 bits per heavy atom. The summed E-state index contributed by atoms with van der Waals surface area (Å²) in [5, 5.41) is 28.1. The van der Waals surface area contributed by atoms with Crippen molar-refractivity contribution in [3.8, 4) is 17.6 Å². The van der Waals surface area contributed by atoms with Gasteiger partial charge in [0.05, 0.1) is 29.5 Å². The molecule has 1 spiro atoms. The van der Waals surface area contributed by atoms with Gasteiger partial charge in [-0.3, -0.25) is 9.69 Å². The summed E-state index contributed by atoms with van der Waals surface area (Å²) in [6.45, 7) is -0.500. The van der Waals surface area contributed by atoms with Crippen molar-refractivity contribution in [1.82, 2.24) is 0 Å². The number of carbonyl (C=O) groups is 1. The van der Waals surface area contributed by atoms with Gasteiger partial charge < -0.3 is 24.6 Å². The highest BCUT2D eigenvalue weighted by Crippen LogP contribution is 2.49. The van der Waals surface area contributed by atoms with Crippen molar-refractivity contribution in [2.45, 2.75) is 43.2 Å². The first-order valence-electron chi connectivity index (χ1n) is 11.1. The number of benzene rings is 2. The Morgan fingerprint density at radius 1 is 1.19 bits per heavy atom. The second-order valence-corrected chi connectivity index (χ2v) is 9.20. The zero-order chi connectivity index (χ0) is 25.8. The lowest BCUT2D eigenvalue weighted by molar-refractivity contribution is -0.137. The molecular weight excluding hydrogens is 499 g/mol. The van der Waals surface area contributed by atoms with Crippen LogP contribution in [0.3, 0.4) is 0 Å². The average Bonchev–Trinajstić information content (AvgIpc) is 3.08. The first-order chi connectivity index (χ1) is 17.1. The third-order valence-electron chi connectivity index (χ3n) is 6.76. The molecule has 2 aliphatic heterocycles. The number of anilines is 2. The SMILES string of the molecule is N#Cc1ccc(N2C(=O)C3(CCC3)N(c3ccc4c(c3)OC[C@H]([C@@H](O)CO)O4)C2=S)cc1C(F)(F)F. The highest BCUT2D eigenvalue weighted by molar-refractivity contribution is 7.81. The van der Waals surface area contributed by atoms with Crippen molar-refractivity contribution >= 4 is 34.6 Å². The number of nitriles is 1. The molecule has 2 aromatic rings. The quantitative estimate of drug-likeness (QED) is 0.594. The molecule has 36 heavy (non-hydrogen) atoms. The summed E-state index contributed by atoms with van der Waals surface area (Å²) in [6.07, 6.45) is -4.99. The topological polar surface area (TPSA) is 106 Å². The Balaban J connectivity index is 1.52. The number of aliphatic hydroxyl groups is 2. The van der Waals surface area contributed by atoms with E-state index < -0.39 is 47.6 Å². The lowest BCUT2D eigenvalue weighted by atomic mass is 9.75. The summed E-state index contributed by atoms with van der Waals surface area (Å²) in [7, 11) is 0. The number of amides is 1. The maximum Gasteiger partial charge on any atom is 0.417 e. The largest absolute Gasteiger partial charge is 0.486 e. The molecule has 2 atom stereocenters. The molecule has 0 aromatic heterocycles. The van der Waals surface area contributed by atoms with Gasteiger partial charge in [0.15, 0.2) is 22.7 Å². The van der Waals surface area contributed by atoms with E-state index in [1.54, 1.807) is 23.1 Å². The number of ether oxygens (including phenoxy) is 2. The Bertz CT molecular complexity index is 1290. The van der Waals surface area contributed by atoms with Crippen molar-refractivity contribution in [3.63, 3.8) is 0 Å². The highest BCUT2D eigenvalue weighted by Gasteiger charge is 2.59. The monoisotopic (exact) mass is 519 g/mol. The van der Waals surface area contributed by atoms with Gasteiger partial charge in [-0.05, 0) is 61.8 Å². The molecule has 1 amide bonds. The van der Waals surface area contributed by atoms with Gasteiger partial charge in [0.25, 0.3) is 5.91 Å². The third kappa shape index (κ3) is 3.66. The number of hydrogen-bond acceptors (Lipinski definition) is 7. The van der Waals surface area contributed by atoms with Crippen molar-refractivity contribution in [1.29, 1.82) is 5.26 Å². The van der Waals surface area contributed by atoms with E-state index >= 15 is 0 Å². The fraction of sp³-hybridized carbons (Fsp3) is 0.375. The summed E-state index contributed by atoms with van der Waals surface area (Å²) in [5.74, 6) is 0.243. The number of hydrogen-bond donors (Lipinski definition) is 2. The smallest absolute Gasteiger partial charge is 0.417 e. The molecular formula is C24H20F3N3O5S. The average molecular weight is 520 g/mol. The van der Waals surface area contributed by atoms with Crippen LogP contribution in [0.4, 0.5) is 24.5 Å². The molecule has 1 aliphatic carbocycles. The first-order valence-corrected chi connectivity index (χ1v) is 11.5. The molecule has 0 bridgehead atoms. The van der Waals surface area contributed by atoms with E-state index in [1.807, 2.05) is 0 Å². The third-order valence-corrected chi connectivity index (χ3v) is 7.13. The van der Waals surface area contributed by atoms with Crippen molar-refractivity contribution in [2.24, 2.45) is 0 Å². The second kappa shape index (κ2) is 8.62. The fourth-order valence-corrected chi connectivity index (χ4v) is 5.20. The summed E-state index contributed by atoms with van der Waals surface area (Å²) < 4.78 is 52.1. The van der Waals surface area contributed by atoms with Gasteiger partial charge in [0.2, 0.25) is 0 Å². The molecule has 3 aliphatic rings. The van der Waals surface area contributed by atoms with Crippen molar-refractivity contribution < 1.29 is 37.7 Å². The van der Waals surface area contributed by atoms with E-state index in [0.717, 1.165) is 23.5 Å². The zero-order valence-electron chi connectivity index (χ0n) is 18.7. The van der Waals surface area contributed by atoms with Crippen LogP contribution in [0.1, 0.15) is 30.4 Å². The Kier molecular flexibility index (Phi) is 5.82. The normalized spacial score (nSPS) is 21.4. The van der Waals surface area contributed by atoms with E-state index in [4.69, 9.17) is 32.1 Å². The number of halogens is 3. The van der Waals surface area contributed by atoms with Gasteiger partial charge >= 0.3 is 6.18 Å². The molecule has 1 saturated heterocycles. The minimum Gasteiger partial charge on any atom is -0.486 e. The number of alkyl halides is 3. The van der Waals surface area contributed by atoms with Crippen LogP contribution in [0, 0.1) is 11.3 Å². The second-order valence-electron chi connectivity index (χ2n) is 8.83. The fourth-order valence-electron chi connectivity index (χ4n) is 4.73. The van der Waals surface area contributed by atoms with Gasteiger partial charge in [-0.25, -0.2) is 0 Å². The Hall–Kier alpha value is -3.40. The minimum absolute atomic E-state index is 0.00964. The highest BCUT2D eigenvalue weighted by atomic mass is 32.1. The van der Waals surface area contributed by atoms with Crippen LogP contribution in [-0.4, -0.2) is 52.2 Å². The summed E-state index contributed by atoms with van der Waals surface area (Å²) >= 11 is 5.63. The van der Waals surface area contributed by atoms with Gasteiger partial charge in [-0.2, -0.15) is 18.4 Å². The van der Waals surface area contributed by atoms with Crippen LogP contribution in [0.5, 0.6) is 11.5 Å². The van der Waals surface area contributed by atoms with E-state index in [-0.39, 0.29) is 17.4 Å². The van der Waals surface area contributed by atoms with E-state index in [9.17, 15) is 23.1 Å². The predicted molar refractivity (Wildman–Crippen MR) is 125 cm³/mol. The van der Waals surface area contributed by atoms with E-state index in [2.05, 4.69) is 0 Å². The van der Waals surface area contributed by atoms with Gasteiger partial charge in [-0.15, -0.1) is 0 Å². The predicted octanol–water partition coefficient (Wildman–Crippen LogP) is 3.13. The zero-order valence-corrected chi connectivity index (χ0v) is 19.5. The maximum absolute atomic E-state index is 13.6. The number of rotatable bonds is 4. The summed E-state index contributed by atoms with van der Waals surface area (Å²) in [5.41, 5.74) is -2.29. The van der Waals surface area contributed by atoms with Crippen LogP contribution in [0.2, 0.25) is 0 Å². The number of nitrogens with zero attached hydrogens (tertiary/aromatic N) is 3. The summed E-state index contributed by atoms with van der Waals surface area (Å²) in [6, 6.07) is 9.49. The van der Waals surface area contributed by atoms with Gasteiger partial charge in [0, 0.05) is 11.8 Å². The molecule has 2 fully saturated rings. The number of carbonyl (C=O) groups excluding carboxylic acids is 1. The van der Waals surface area contributed by atoms with Crippen LogP contribution in [0.25, 0.3) is 0 Å². The van der Waals surface area contributed by atoms with E-state index in [0.29, 0.717) is 30.0 Å². The lowest BCUT2D eigenvalue weighted by Crippen LogP contribution is -2.55. The molecule has 5 rings (SSSR count). The van der Waals surface area contributed by atoms with Gasteiger partial charge in [-0.1, -0.05) is 0 Å². The van der Waals surface area contributed by atoms with Gasteiger partial charge in [0.1, 0.15) is 18.2 Å². The van der Waals surface area contributed by atoms with Crippen LogP contribution in [-0.2, 0) is 11.0 Å². The van der Waals surface area contributed by atoms with Crippen molar-refractivity contribution in [3.05, 3.63) is 47.5 Å². The van der Waals surface area contributed by atoms with Crippen LogP contribution >= 0.6 is 12.2 Å². The molecule has 1 saturated carbocycles. The molecule has 0 radical (unpaired) electrons. The Labute approximate surface area is 209 Å². The lowest BCUT2D eigenvalue weighted by Gasteiger charge is -2.43.